The number of aromatic hydroxyl groups is 1. The molecule has 2 aromatic carbocycles. The number of nitrogens with one attached hydrogen (secondary N) is 1. The molecule has 0 atom stereocenters. The minimum atomic E-state index is -3.94. The predicted octanol–water partition coefficient (Wildman–Crippen LogP) is 2.07. The Morgan fingerprint density at radius 3 is 2.29 bits per heavy atom. The third-order valence-electron chi connectivity index (χ3n) is 2.71. The van der Waals surface area contributed by atoms with Crippen molar-refractivity contribution in [2.24, 2.45) is 0 Å². The summed E-state index contributed by atoms with van der Waals surface area (Å²) in [4.78, 5) is 10.7. The molecule has 0 amide bonds. The maximum absolute atomic E-state index is 12.2. The SMILES string of the molecule is [CH2]c1ccc(NS(=O)(=O)c2ccc(O)c(C(=O)O)c2)cc1. The van der Waals surface area contributed by atoms with Crippen LogP contribution in [0, 0.1) is 6.92 Å². The molecule has 0 saturated heterocycles. The Labute approximate surface area is 121 Å². The van der Waals surface area contributed by atoms with Gasteiger partial charge in [0.05, 0.1) is 4.90 Å². The van der Waals surface area contributed by atoms with E-state index < -0.39 is 27.3 Å². The number of phenols is 1. The molecule has 0 aliphatic carbocycles. The highest BCUT2D eigenvalue weighted by atomic mass is 32.2. The Hall–Kier alpha value is -2.54. The van der Waals surface area contributed by atoms with E-state index in [4.69, 9.17) is 5.11 Å². The maximum Gasteiger partial charge on any atom is 0.339 e. The summed E-state index contributed by atoms with van der Waals surface area (Å²) in [6.07, 6.45) is 0. The van der Waals surface area contributed by atoms with E-state index in [9.17, 15) is 18.3 Å². The lowest BCUT2D eigenvalue weighted by molar-refractivity contribution is 0.0693. The molecule has 6 nitrogen and oxygen atoms in total. The fourth-order valence-electron chi connectivity index (χ4n) is 1.64. The van der Waals surface area contributed by atoms with Crippen LogP contribution < -0.4 is 4.72 Å². The second-order valence-electron chi connectivity index (χ2n) is 4.29. The normalized spacial score (nSPS) is 11.1. The molecule has 7 heteroatoms. The highest BCUT2D eigenvalue weighted by Gasteiger charge is 2.18. The predicted molar refractivity (Wildman–Crippen MR) is 76.8 cm³/mol. The minimum Gasteiger partial charge on any atom is -0.507 e. The standard InChI is InChI=1S/C14H12NO5S/c1-9-2-4-10(5-3-9)15-21(19,20)11-6-7-13(16)12(8-11)14(17)18/h2-8,15-16H,1H2,(H,17,18). The van der Waals surface area contributed by atoms with Gasteiger partial charge in [-0.15, -0.1) is 0 Å². The zero-order valence-corrected chi connectivity index (χ0v) is 11.6. The van der Waals surface area contributed by atoms with Gasteiger partial charge in [0.15, 0.2) is 0 Å². The number of hydrogen-bond donors (Lipinski definition) is 3. The topological polar surface area (TPSA) is 104 Å². The van der Waals surface area contributed by atoms with E-state index in [0.29, 0.717) is 5.69 Å². The first-order chi connectivity index (χ1) is 9.79. The number of sulfonamides is 1. The maximum atomic E-state index is 12.2. The number of anilines is 1. The van der Waals surface area contributed by atoms with Gasteiger partial charge in [-0.05, 0) is 42.8 Å². The van der Waals surface area contributed by atoms with Crippen molar-refractivity contribution in [3.8, 4) is 5.75 Å². The molecule has 0 aromatic heterocycles. The summed E-state index contributed by atoms with van der Waals surface area (Å²) in [5.41, 5.74) is 0.578. The van der Waals surface area contributed by atoms with E-state index >= 15 is 0 Å². The molecule has 0 bridgehead atoms. The third kappa shape index (κ3) is 3.32. The van der Waals surface area contributed by atoms with Crippen LogP contribution in [-0.4, -0.2) is 24.6 Å². The second-order valence-corrected chi connectivity index (χ2v) is 5.97. The van der Waals surface area contributed by atoms with Gasteiger partial charge in [-0.2, -0.15) is 0 Å². The highest BCUT2D eigenvalue weighted by molar-refractivity contribution is 7.92. The van der Waals surface area contributed by atoms with Crippen LogP contribution in [0.2, 0.25) is 0 Å². The van der Waals surface area contributed by atoms with Crippen LogP contribution in [0.3, 0.4) is 0 Å². The largest absolute Gasteiger partial charge is 0.507 e. The molecule has 0 saturated carbocycles. The van der Waals surface area contributed by atoms with Gasteiger partial charge in [-0.25, -0.2) is 13.2 Å². The third-order valence-corrected chi connectivity index (χ3v) is 4.09. The van der Waals surface area contributed by atoms with Crippen LogP contribution in [0.5, 0.6) is 5.75 Å². The molecule has 0 unspecified atom stereocenters. The van der Waals surface area contributed by atoms with Crippen molar-refractivity contribution in [3.05, 3.63) is 60.5 Å². The van der Waals surface area contributed by atoms with Gasteiger partial charge >= 0.3 is 5.97 Å². The summed E-state index contributed by atoms with van der Waals surface area (Å²) in [6, 6.07) is 9.40. The van der Waals surface area contributed by atoms with E-state index in [-0.39, 0.29) is 4.90 Å². The van der Waals surface area contributed by atoms with Crippen molar-refractivity contribution in [2.45, 2.75) is 4.90 Å². The summed E-state index contributed by atoms with van der Waals surface area (Å²) in [5.74, 6) is -1.91. The van der Waals surface area contributed by atoms with Crippen LogP contribution in [0.25, 0.3) is 0 Å². The summed E-state index contributed by atoms with van der Waals surface area (Å²) >= 11 is 0. The summed E-state index contributed by atoms with van der Waals surface area (Å²) in [6.45, 7) is 3.69. The van der Waals surface area contributed by atoms with Crippen LogP contribution in [-0.2, 0) is 10.0 Å². The second kappa shape index (κ2) is 5.45. The average Bonchev–Trinajstić information content (AvgIpc) is 2.41. The fourth-order valence-corrected chi connectivity index (χ4v) is 2.72. The molecule has 0 spiro atoms. The average molecular weight is 306 g/mol. The number of benzene rings is 2. The molecule has 109 valence electrons. The lowest BCUT2D eigenvalue weighted by atomic mass is 10.2. The molecule has 1 radical (unpaired) electrons. The van der Waals surface area contributed by atoms with E-state index in [1.165, 1.54) is 0 Å². The van der Waals surface area contributed by atoms with Gasteiger partial charge in [0.2, 0.25) is 0 Å². The first-order valence-electron chi connectivity index (χ1n) is 5.81. The lowest BCUT2D eigenvalue weighted by Crippen LogP contribution is -2.13. The summed E-state index contributed by atoms with van der Waals surface area (Å²) in [5, 5.41) is 18.3. The van der Waals surface area contributed by atoms with E-state index in [1.54, 1.807) is 24.3 Å². The molecule has 3 N–H and O–H groups in total. The fraction of sp³-hybridized carbons (Fsp3) is 0. The number of hydrogen-bond acceptors (Lipinski definition) is 4. The molecule has 21 heavy (non-hydrogen) atoms. The van der Waals surface area contributed by atoms with Gasteiger partial charge in [0, 0.05) is 5.69 Å². The molecule has 0 fully saturated rings. The van der Waals surface area contributed by atoms with Crippen molar-refractivity contribution < 1.29 is 23.4 Å². The number of carboxylic acid groups (broad SMARTS) is 1. The Bertz CT molecular complexity index is 782. The highest BCUT2D eigenvalue weighted by Crippen LogP contribution is 2.23. The van der Waals surface area contributed by atoms with E-state index in [2.05, 4.69) is 11.6 Å². The zero-order valence-electron chi connectivity index (χ0n) is 10.8. The monoisotopic (exact) mass is 306 g/mol. The van der Waals surface area contributed by atoms with Gasteiger partial charge < -0.3 is 10.2 Å². The Morgan fingerprint density at radius 2 is 1.71 bits per heavy atom. The van der Waals surface area contributed by atoms with Crippen LogP contribution in [0.1, 0.15) is 15.9 Å². The molecular weight excluding hydrogens is 294 g/mol. The number of carboxylic acids is 1. The summed E-state index contributed by atoms with van der Waals surface area (Å²) < 4.78 is 26.7. The van der Waals surface area contributed by atoms with Gasteiger partial charge in [0.1, 0.15) is 11.3 Å². The zero-order chi connectivity index (χ0) is 15.6. The van der Waals surface area contributed by atoms with Gasteiger partial charge in [-0.1, -0.05) is 12.1 Å². The van der Waals surface area contributed by atoms with Crippen molar-refractivity contribution in [1.82, 2.24) is 0 Å². The molecule has 0 aliphatic rings. The van der Waals surface area contributed by atoms with E-state index in [0.717, 1.165) is 23.8 Å². The summed E-state index contributed by atoms with van der Waals surface area (Å²) in [7, 11) is -3.94. The van der Waals surface area contributed by atoms with Crippen LogP contribution in [0.4, 0.5) is 5.69 Å². The van der Waals surface area contributed by atoms with Gasteiger partial charge in [0.25, 0.3) is 10.0 Å². The number of aromatic carboxylic acids is 1. The first-order valence-corrected chi connectivity index (χ1v) is 7.29. The molecule has 2 rings (SSSR count). The smallest absolute Gasteiger partial charge is 0.339 e. The quantitative estimate of drug-likeness (QED) is 0.802. The molecular formula is C14H12NO5S. The Balaban J connectivity index is 2.38. The van der Waals surface area contributed by atoms with Crippen LogP contribution in [0.15, 0.2) is 47.4 Å². The van der Waals surface area contributed by atoms with Crippen molar-refractivity contribution in [2.75, 3.05) is 4.72 Å². The Kier molecular flexibility index (Phi) is 3.86. The lowest BCUT2D eigenvalue weighted by Gasteiger charge is -2.09. The first kappa shape index (κ1) is 14.9. The van der Waals surface area contributed by atoms with Crippen molar-refractivity contribution in [3.63, 3.8) is 0 Å². The van der Waals surface area contributed by atoms with Crippen molar-refractivity contribution >= 4 is 21.7 Å². The Morgan fingerprint density at radius 1 is 1.10 bits per heavy atom. The minimum absolute atomic E-state index is 0.253. The van der Waals surface area contributed by atoms with Gasteiger partial charge in [-0.3, -0.25) is 4.72 Å². The number of rotatable bonds is 4. The molecule has 0 aliphatic heterocycles. The van der Waals surface area contributed by atoms with Crippen molar-refractivity contribution in [1.29, 1.82) is 0 Å². The van der Waals surface area contributed by atoms with Crippen LogP contribution >= 0.6 is 0 Å². The molecule has 0 heterocycles. The number of carbonyl (C=O) groups is 1. The van der Waals surface area contributed by atoms with E-state index in [1.807, 2.05) is 0 Å². The molecule has 2 aromatic rings.